The molecular formula is C14H20N2O3S. The number of nitrogens with one attached hydrogen (secondary N) is 1. The number of hydrogen-bond acceptors (Lipinski definition) is 3. The Labute approximate surface area is 121 Å². The predicted molar refractivity (Wildman–Crippen MR) is 79.2 cm³/mol. The van der Waals surface area contributed by atoms with E-state index in [0.717, 1.165) is 17.7 Å². The van der Waals surface area contributed by atoms with Gasteiger partial charge >= 0.3 is 6.03 Å². The average Bonchev–Trinajstić information content (AvgIpc) is 3.23. The first kappa shape index (κ1) is 15.0. The summed E-state index contributed by atoms with van der Waals surface area (Å²) in [5.74, 6) is 0.351. The van der Waals surface area contributed by atoms with Crippen LogP contribution in [0, 0.1) is 5.92 Å². The van der Waals surface area contributed by atoms with Crippen LogP contribution in [-0.4, -0.2) is 46.2 Å². The molecule has 1 fully saturated rings. The molecule has 1 aromatic rings. The predicted octanol–water partition coefficient (Wildman–Crippen LogP) is 1.66. The molecule has 0 spiro atoms. The molecule has 5 nitrogen and oxygen atoms in total. The van der Waals surface area contributed by atoms with E-state index in [-0.39, 0.29) is 6.03 Å². The van der Waals surface area contributed by atoms with Gasteiger partial charge in [-0.1, -0.05) is 0 Å². The second-order valence-corrected chi connectivity index (χ2v) is 6.57. The molecule has 2 N–H and O–H groups in total. The second kappa shape index (κ2) is 6.37. The van der Waals surface area contributed by atoms with Crippen molar-refractivity contribution < 1.29 is 14.1 Å². The zero-order chi connectivity index (χ0) is 14.7. The summed E-state index contributed by atoms with van der Waals surface area (Å²) < 4.78 is 11.3. The number of aliphatic hydroxyl groups is 1. The molecule has 0 aromatic heterocycles. The lowest BCUT2D eigenvalue weighted by molar-refractivity contribution is 0.117. The first-order valence-electron chi connectivity index (χ1n) is 6.61. The van der Waals surface area contributed by atoms with Crippen molar-refractivity contribution in [3.8, 4) is 0 Å². The molecule has 0 saturated heterocycles. The molecule has 110 valence electrons. The molecule has 20 heavy (non-hydrogen) atoms. The Morgan fingerprint density at radius 1 is 1.45 bits per heavy atom. The average molecular weight is 296 g/mol. The minimum atomic E-state index is -1.02. The van der Waals surface area contributed by atoms with Crippen LogP contribution in [0.2, 0.25) is 0 Å². The summed E-state index contributed by atoms with van der Waals surface area (Å²) in [6, 6.07) is 6.64. The number of carbonyl (C=O) groups excluding carboxylic acids is 1. The lowest BCUT2D eigenvalue weighted by atomic mass is 10.2. The minimum Gasteiger partial charge on any atom is -0.391 e. The Hall–Kier alpha value is -1.40. The molecule has 2 rings (SSSR count). The zero-order valence-electron chi connectivity index (χ0n) is 11.7. The maximum atomic E-state index is 12.0. The SMILES string of the molecule is CN(CC(O)C1CC1)C(=O)Nc1ccc(S(C)=O)cc1. The maximum absolute atomic E-state index is 12.0. The summed E-state index contributed by atoms with van der Waals surface area (Å²) in [7, 11) is 0.642. The van der Waals surface area contributed by atoms with Crippen LogP contribution < -0.4 is 5.32 Å². The normalized spacial score (nSPS) is 17.4. The van der Waals surface area contributed by atoms with Gasteiger partial charge in [0.2, 0.25) is 0 Å². The molecule has 0 heterocycles. The standard InChI is InChI=1S/C14H20N2O3S/c1-16(9-13(17)10-3-4-10)14(18)15-11-5-7-12(8-6-11)20(2)19/h5-8,10,13,17H,3-4,9H2,1-2H3,(H,15,18). The minimum absolute atomic E-state index is 0.255. The van der Waals surface area contributed by atoms with Crippen molar-refractivity contribution >= 4 is 22.5 Å². The van der Waals surface area contributed by atoms with Crippen LogP contribution in [0.3, 0.4) is 0 Å². The van der Waals surface area contributed by atoms with Crippen LogP contribution in [-0.2, 0) is 10.8 Å². The molecular weight excluding hydrogens is 276 g/mol. The van der Waals surface area contributed by atoms with Gasteiger partial charge in [0.15, 0.2) is 0 Å². The highest BCUT2D eigenvalue weighted by molar-refractivity contribution is 7.84. The summed E-state index contributed by atoms with van der Waals surface area (Å²) in [6.45, 7) is 0.341. The van der Waals surface area contributed by atoms with Crippen molar-refractivity contribution in [1.29, 1.82) is 0 Å². The molecule has 6 heteroatoms. The topological polar surface area (TPSA) is 69.6 Å². The quantitative estimate of drug-likeness (QED) is 0.868. The highest BCUT2D eigenvalue weighted by Crippen LogP contribution is 2.32. The van der Waals surface area contributed by atoms with E-state index in [1.807, 2.05) is 0 Å². The van der Waals surface area contributed by atoms with Crippen molar-refractivity contribution in [3.63, 3.8) is 0 Å². The third kappa shape index (κ3) is 4.05. The largest absolute Gasteiger partial charge is 0.391 e. The summed E-state index contributed by atoms with van der Waals surface area (Å²) in [4.78, 5) is 14.2. The Morgan fingerprint density at radius 2 is 2.05 bits per heavy atom. The van der Waals surface area contributed by atoms with Crippen molar-refractivity contribution in [3.05, 3.63) is 24.3 Å². The Bertz CT molecular complexity index is 500. The zero-order valence-corrected chi connectivity index (χ0v) is 12.5. The number of amides is 2. The van der Waals surface area contributed by atoms with Crippen LogP contribution in [0.15, 0.2) is 29.2 Å². The smallest absolute Gasteiger partial charge is 0.321 e. The Kier molecular flexibility index (Phi) is 4.77. The molecule has 0 bridgehead atoms. The highest BCUT2D eigenvalue weighted by atomic mass is 32.2. The van der Waals surface area contributed by atoms with Crippen molar-refractivity contribution in [1.82, 2.24) is 4.90 Å². The van der Waals surface area contributed by atoms with Gasteiger partial charge in [-0.3, -0.25) is 4.21 Å². The van der Waals surface area contributed by atoms with Gasteiger partial charge in [-0.25, -0.2) is 4.79 Å². The number of nitrogens with zero attached hydrogens (tertiary/aromatic N) is 1. The fraction of sp³-hybridized carbons (Fsp3) is 0.500. The number of hydrogen-bond donors (Lipinski definition) is 2. The number of anilines is 1. The second-order valence-electron chi connectivity index (χ2n) is 5.19. The lowest BCUT2D eigenvalue weighted by Gasteiger charge is -2.21. The van der Waals surface area contributed by atoms with Crippen LogP contribution >= 0.6 is 0 Å². The molecule has 2 amide bonds. The van der Waals surface area contributed by atoms with Crippen molar-refractivity contribution in [2.75, 3.05) is 25.2 Å². The van der Waals surface area contributed by atoms with Gasteiger partial charge in [0, 0.05) is 41.2 Å². The van der Waals surface area contributed by atoms with Crippen LogP contribution in [0.25, 0.3) is 0 Å². The number of aliphatic hydroxyl groups excluding tert-OH is 1. The van der Waals surface area contributed by atoms with E-state index in [1.165, 1.54) is 4.90 Å². The molecule has 0 radical (unpaired) electrons. The number of urea groups is 1. The van der Waals surface area contributed by atoms with E-state index >= 15 is 0 Å². The summed E-state index contributed by atoms with van der Waals surface area (Å²) >= 11 is 0. The maximum Gasteiger partial charge on any atom is 0.321 e. The molecule has 1 aromatic carbocycles. The van der Waals surface area contributed by atoms with Crippen LogP contribution in [0.4, 0.5) is 10.5 Å². The van der Waals surface area contributed by atoms with E-state index in [1.54, 1.807) is 37.6 Å². The van der Waals surface area contributed by atoms with Gasteiger partial charge in [-0.15, -0.1) is 0 Å². The van der Waals surface area contributed by atoms with Gasteiger partial charge in [0.1, 0.15) is 0 Å². The number of likely N-dealkylation sites (N-methyl/N-ethyl adjacent to an activating group) is 1. The first-order chi connectivity index (χ1) is 9.47. The Balaban J connectivity index is 1.87. The van der Waals surface area contributed by atoms with E-state index in [4.69, 9.17) is 0 Å². The fourth-order valence-electron chi connectivity index (χ4n) is 1.94. The van der Waals surface area contributed by atoms with Gasteiger partial charge in [0.05, 0.1) is 6.10 Å². The third-order valence-corrected chi connectivity index (χ3v) is 4.35. The molecule has 2 atom stereocenters. The van der Waals surface area contributed by atoms with E-state index in [0.29, 0.717) is 18.2 Å². The van der Waals surface area contributed by atoms with Crippen LogP contribution in [0.1, 0.15) is 12.8 Å². The highest BCUT2D eigenvalue weighted by Gasteiger charge is 2.31. The monoisotopic (exact) mass is 296 g/mol. The first-order valence-corrected chi connectivity index (χ1v) is 8.17. The van der Waals surface area contributed by atoms with Crippen molar-refractivity contribution in [2.45, 2.75) is 23.8 Å². The van der Waals surface area contributed by atoms with Gasteiger partial charge < -0.3 is 15.3 Å². The lowest BCUT2D eigenvalue weighted by Crippen LogP contribution is -2.37. The van der Waals surface area contributed by atoms with E-state index < -0.39 is 16.9 Å². The van der Waals surface area contributed by atoms with Gasteiger partial charge in [-0.05, 0) is 43.0 Å². The van der Waals surface area contributed by atoms with Crippen LogP contribution in [0.5, 0.6) is 0 Å². The number of rotatable bonds is 5. The summed E-state index contributed by atoms with van der Waals surface area (Å²) in [5, 5.41) is 12.6. The fourth-order valence-corrected chi connectivity index (χ4v) is 2.46. The van der Waals surface area contributed by atoms with Gasteiger partial charge in [0.25, 0.3) is 0 Å². The van der Waals surface area contributed by atoms with Gasteiger partial charge in [-0.2, -0.15) is 0 Å². The number of benzene rings is 1. The Morgan fingerprint density at radius 3 is 2.55 bits per heavy atom. The molecule has 0 aliphatic heterocycles. The summed E-state index contributed by atoms with van der Waals surface area (Å²) in [5.41, 5.74) is 0.650. The van der Waals surface area contributed by atoms with Crippen molar-refractivity contribution in [2.24, 2.45) is 5.92 Å². The van der Waals surface area contributed by atoms with E-state index in [2.05, 4.69) is 5.32 Å². The summed E-state index contributed by atoms with van der Waals surface area (Å²) in [6.07, 6.45) is 3.27. The molecule has 2 unspecified atom stereocenters. The van der Waals surface area contributed by atoms with E-state index in [9.17, 15) is 14.1 Å². The molecule has 1 saturated carbocycles. The molecule has 1 aliphatic rings. The number of carbonyl (C=O) groups is 1. The molecule has 1 aliphatic carbocycles. The third-order valence-electron chi connectivity index (χ3n) is 3.41.